The van der Waals surface area contributed by atoms with Gasteiger partial charge in [-0.3, -0.25) is 9.69 Å². The Labute approximate surface area is 155 Å². The summed E-state index contributed by atoms with van der Waals surface area (Å²) in [5.41, 5.74) is 0.367. The summed E-state index contributed by atoms with van der Waals surface area (Å²) in [6.07, 6.45) is 4.15. The Kier molecular flexibility index (Phi) is 6.80. The van der Waals surface area contributed by atoms with Crippen molar-refractivity contribution in [3.63, 3.8) is 0 Å². The van der Waals surface area contributed by atoms with Crippen molar-refractivity contribution in [1.82, 2.24) is 9.80 Å². The first-order valence-electron chi connectivity index (χ1n) is 9.25. The van der Waals surface area contributed by atoms with E-state index in [1.54, 1.807) is 11.0 Å². The maximum absolute atomic E-state index is 12.6. The van der Waals surface area contributed by atoms with Crippen molar-refractivity contribution in [3.05, 3.63) is 48.0 Å². The molecule has 0 radical (unpaired) electrons. The van der Waals surface area contributed by atoms with Crippen LogP contribution in [0.3, 0.4) is 0 Å². The van der Waals surface area contributed by atoms with Crippen molar-refractivity contribution in [2.24, 2.45) is 0 Å². The third-order valence-electron chi connectivity index (χ3n) is 4.95. The summed E-state index contributed by atoms with van der Waals surface area (Å²) >= 11 is 0. The van der Waals surface area contributed by atoms with Crippen LogP contribution in [0.25, 0.3) is 0 Å². The highest BCUT2D eigenvalue weighted by molar-refractivity contribution is 5.87. The van der Waals surface area contributed by atoms with Crippen LogP contribution in [0.15, 0.2) is 42.5 Å². The zero-order valence-electron chi connectivity index (χ0n) is 15.2. The lowest BCUT2D eigenvalue weighted by atomic mass is 9.93. The fourth-order valence-corrected chi connectivity index (χ4v) is 3.45. The van der Waals surface area contributed by atoms with Gasteiger partial charge in [-0.25, -0.2) is 0 Å². The SMILES string of the molecule is O=C(C=CCN1CCOCC1)N1CCOC(CO)(Cc2ccccc2)C1. The number of nitrogens with zero attached hydrogens (tertiary/aromatic N) is 2. The van der Waals surface area contributed by atoms with Crippen LogP contribution in [0.4, 0.5) is 0 Å². The molecule has 6 heteroatoms. The highest BCUT2D eigenvalue weighted by Gasteiger charge is 2.37. The Morgan fingerprint density at radius 1 is 1.15 bits per heavy atom. The number of amides is 1. The van der Waals surface area contributed by atoms with E-state index >= 15 is 0 Å². The summed E-state index contributed by atoms with van der Waals surface area (Å²) in [4.78, 5) is 16.6. The molecule has 142 valence electrons. The minimum Gasteiger partial charge on any atom is -0.393 e. The van der Waals surface area contributed by atoms with Gasteiger partial charge >= 0.3 is 0 Å². The average molecular weight is 360 g/mol. The predicted octanol–water partition coefficient (Wildman–Crippen LogP) is 0.707. The molecule has 1 N–H and O–H groups in total. The largest absolute Gasteiger partial charge is 0.393 e. The van der Waals surface area contributed by atoms with E-state index in [0.29, 0.717) is 26.1 Å². The van der Waals surface area contributed by atoms with Gasteiger partial charge in [0, 0.05) is 38.7 Å². The molecule has 2 heterocycles. The summed E-state index contributed by atoms with van der Waals surface area (Å²) in [7, 11) is 0. The molecule has 1 aromatic rings. The summed E-state index contributed by atoms with van der Waals surface area (Å²) in [5, 5.41) is 9.95. The second kappa shape index (κ2) is 9.28. The number of hydrogen-bond acceptors (Lipinski definition) is 5. The number of benzene rings is 1. The third-order valence-corrected chi connectivity index (χ3v) is 4.95. The quantitative estimate of drug-likeness (QED) is 0.757. The van der Waals surface area contributed by atoms with Crippen molar-refractivity contribution >= 4 is 5.91 Å². The highest BCUT2D eigenvalue weighted by Crippen LogP contribution is 2.23. The maximum atomic E-state index is 12.6. The van der Waals surface area contributed by atoms with Crippen molar-refractivity contribution in [3.8, 4) is 0 Å². The maximum Gasteiger partial charge on any atom is 0.246 e. The van der Waals surface area contributed by atoms with Crippen molar-refractivity contribution in [2.45, 2.75) is 12.0 Å². The van der Waals surface area contributed by atoms with Gasteiger partial charge in [-0.05, 0) is 5.56 Å². The Morgan fingerprint density at radius 3 is 2.65 bits per heavy atom. The van der Waals surface area contributed by atoms with Crippen LogP contribution in [0, 0.1) is 0 Å². The summed E-state index contributed by atoms with van der Waals surface area (Å²) in [6, 6.07) is 9.94. The van der Waals surface area contributed by atoms with Crippen LogP contribution in [0.1, 0.15) is 5.56 Å². The van der Waals surface area contributed by atoms with Crippen LogP contribution >= 0.6 is 0 Å². The molecule has 2 saturated heterocycles. The molecule has 2 aliphatic rings. The Hall–Kier alpha value is -1.73. The molecule has 0 aromatic heterocycles. The van der Waals surface area contributed by atoms with E-state index in [9.17, 15) is 9.90 Å². The minimum atomic E-state index is -0.729. The lowest BCUT2D eigenvalue weighted by molar-refractivity contribution is -0.153. The number of carbonyl (C=O) groups excluding carboxylic acids is 1. The summed E-state index contributed by atoms with van der Waals surface area (Å²) in [6.45, 7) is 5.36. The molecule has 2 fully saturated rings. The third kappa shape index (κ3) is 5.14. The van der Waals surface area contributed by atoms with E-state index in [1.165, 1.54) is 0 Å². The van der Waals surface area contributed by atoms with Crippen molar-refractivity contribution in [1.29, 1.82) is 0 Å². The molecule has 1 amide bonds. The molecule has 3 rings (SSSR count). The second-order valence-corrected chi connectivity index (χ2v) is 6.93. The standard InChI is InChI=1S/C20H28N2O4/c23-17-20(15-18-5-2-1-3-6-18)16-22(11-14-26-20)19(24)7-4-8-21-9-12-25-13-10-21/h1-7,23H,8-17H2. The Morgan fingerprint density at radius 2 is 1.92 bits per heavy atom. The molecule has 2 aliphatic heterocycles. The van der Waals surface area contributed by atoms with Crippen LogP contribution in [0.5, 0.6) is 0 Å². The molecule has 26 heavy (non-hydrogen) atoms. The van der Waals surface area contributed by atoms with E-state index < -0.39 is 5.60 Å². The fraction of sp³-hybridized carbons (Fsp3) is 0.550. The molecule has 6 nitrogen and oxygen atoms in total. The van der Waals surface area contributed by atoms with Crippen molar-refractivity contribution < 1.29 is 19.4 Å². The predicted molar refractivity (Wildman–Crippen MR) is 98.9 cm³/mol. The number of carbonyl (C=O) groups is 1. The lowest BCUT2D eigenvalue weighted by Crippen LogP contribution is -2.56. The zero-order valence-corrected chi connectivity index (χ0v) is 15.2. The Bertz CT molecular complexity index is 601. The molecular formula is C20H28N2O4. The molecule has 0 spiro atoms. The molecule has 1 unspecified atom stereocenters. The fourth-order valence-electron chi connectivity index (χ4n) is 3.45. The first kappa shape index (κ1) is 19.0. The van der Waals surface area contributed by atoms with Gasteiger partial charge in [-0.15, -0.1) is 0 Å². The van der Waals surface area contributed by atoms with Crippen LogP contribution in [-0.2, 0) is 20.7 Å². The van der Waals surface area contributed by atoms with E-state index in [-0.39, 0.29) is 12.5 Å². The van der Waals surface area contributed by atoms with E-state index in [2.05, 4.69) is 4.90 Å². The van der Waals surface area contributed by atoms with Crippen LogP contribution in [-0.4, -0.2) is 85.6 Å². The summed E-state index contributed by atoms with van der Waals surface area (Å²) in [5.74, 6) is -0.0209. The molecule has 1 aromatic carbocycles. The molecular weight excluding hydrogens is 332 g/mol. The normalized spacial score (nSPS) is 24.9. The number of aliphatic hydroxyl groups excluding tert-OH is 1. The lowest BCUT2D eigenvalue weighted by Gasteiger charge is -2.41. The van der Waals surface area contributed by atoms with Gasteiger partial charge in [-0.1, -0.05) is 36.4 Å². The number of rotatable bonds is 6. The van der Waals surface area contributed by atoms with Gasteiger partial charge in [0.05, 0.1) is 33.0 Å². The average Bonchev–Trinajstić information content (AvgIpc) is 2.69. The van der Waals surface area contributed by atoms with Gasteiger partial charge in [0.25, 0.3) is 0 Å². The number of hydrogen-bond donors (Lipinski definition) is 1. The second-order valence-electron chi connectivity index (χ2n) is 6.93. The van der Waals surface area contributed by atoms with Crippen LogP contribution < -0.4 is 0 Å². The summed E-state index contributed by atoms with van der Waals surface area (Å²) < 4.78 is 11.2. The zero-order chi connectivity index (χ0) is 18.2. The van der Waals surface area contributed by atoms with Gasteiger partial charge < -0.3 is 19.5 Å². The van der Waals surface area contributed by atoms with Gasteiger partial charge in [0.15, 0.2) is 0 Å². The van der Waals surface area contributed by atoms with Gasteiger partial charge in [-0.2, -0.15) is 0 Å². The smallest absolute Gasteiger partial charge is 0.246 e. The molecule has 0 bridgehead atoms. The van der Waals surface area contributed by atoms with E-state index in [0.717, 1.165) is 38.4 Å². The monoisotopic (exact) mass is 360 g/mol. The number of aliphatic hydroxyl groups is 1. The Balaban J connectivity index is 1.56. The van der Waals surface area contributed by atoms with Crippen molar-refractivity contribution in [2.75, 3.05) is 59.2 Å². The van der Waals surface area contributed by atoms with E-state index in [1.807, 2.05) is 36.4 Å². The molecule has 0 saturated carbocycles. The first-order chi connectivity index (χ1) is 12.7. The molecule has 0 aliphatic carbocycles. The first-order valence-corrected chi connectivity index (χ1v) is 9.25. The topological polar surface area (TPSA) is 62.2 Å². The number of ether oxygens (including phenoxy) is 2. The highest BCUT2D eigenvalue weighted by atomic mass is 16.5. The molecule has 1 atom stereocenters. The van der Waals surface area contributed by atoms with Gasteiger partial charge in [0.1, 0.15) is 5.60 Å². The van der Waals surface area contributed by atoms with Gasteiger partial charge in [0.2, 0.25) is 5.91 Å². The minimum absolute atomic E-state index is 0.0209. The number of morpholine rings is 2. The van der Waals surface area contributed by atoms with Crippen LogP contribution in [0.2, 0.25) is 0 Å². The van der Waals surface area contributed by atoms with E-state index in [4.69, 9.17) is 9.47 Å².